The Kier molecular flexibility index (Phi) is 9.99. The van der Waals surface area contributed by atoms with Crippen molar-refractivity contribution in [3.8, 4) is 0 Å². The van der Waals surface area contributed by atoms with Gasteiger partial charge in [0.25, 0.3) is 0 Å². The van der Waals surface area contributed by atoms with Crippen molar-refractivity contribution in [1.29, 1.82) is 0 Å². The Morgan fingerprint density at radius 1 is 0.923 bits per heavy atom. The van der Waals surface area contributed by atoms with E-state index < -0.39 is 5.97 Å². The molecular formula is C23H30O3. The van der Waals surface area contributed by atoms with Gasteiger partial charge >= 0.3 is 5.97 Å². The maximum absolute atomic E-state index is 12.2. The Hall–Kier alpha value is -2.42. The maximum atomic E-state index is 12.2. The van der Waals surface area contributed by atoms with Crippen molar-refractivity contribution in [2.45, 2.75) is 52.9 Å². The second-order valence-corrected chi connectivity index (χ2v) is 6.10. The summed E-state index contributed by atoms with van der Waals surface area (Å²) in [5.41, 5.74) is 2.60. The number of aromatic carboxylic acids is 1. The van der Waals surface area contributed by atoms with E-state index in [0.29, 0.717) is 12.8 Å². The number of Topliss-reactive ketones (excluding diaryl/α,β-unsaturated/α-hetero) is 1. The lowest BCUT2D eigenvalue weighted by atomic mass is 9.88. The van der Waals surface area contributed by atoms with E-state index in [9.17, 15) is 9.59 Å². The summed E-state index contributed by atoms with van der Waals surface area (Å²) in [7, 11) is 0. The molecule has 1 atom stereocenters. The highest BCUT2D eigenvalue weighted by atomic mass is 16.4. The minimum absolute atomic E-state index is 0.00869. The number of carboxylic acids is 1. The summed E-state index contributed by atoms with van der Waals surface area (Å²) in [5, 5.41) is 8.95. The molecule has 1 unspecified atom stereocenters. The van der Waals surface area contributed by atoms with Gasteiger partial charge in [0.05, 0.1) is 5.56 Å². The molecule has 2 rings (SSSR count). The zero-order valence-corrected chi connectivity index (χ0v) is 16.1. The lowest BCUT2D eigenvalue weighted by Gasteiger charge is -2.15. The molecule has 0 aliphatic rings. The topological polar surface area (TPSA) is 54.4 Å². The average molecular weight is 354 g/mol. The van der Waals surface area contributed by atoms with Crippen LogP contribution >= 0.6 is 0 Å². The standard InChI is InChI=1S/C21H24O3.C2H6/c1-2-20(22)19(10-6-9-16-7-4-3-5-8-16)15-17-11-13-18(14-12-17)21(23)24;1-2/h3-5,7-8,11-14,19H,2,6,9-10,15H2,1H3,(H,23,24);1-2H3. The van der Waals surface area contributed by atoms with Crippen LogP contribution in [0, 0.1) is 5.92 Å². The fourth-order valence-electron chi connectivity index (χ4n) is 2.93. The minimum atomic E-state index is -0.925. The first-order chi connectivity index (χ1) is 12.6. The second-order valence-electron chi connectivity index (χ2n) is 6.10. The quantitative estimate of drug-likeness (QED) is 0.640. The van der Waals surface area contributed by atoms with E-state index in [4.69, 9.17) is 5.11 Å². The number of hydrogen-bond donors (Lipinski definition) is 1. The molecule has 1 N–H and O–H groups in total. The molecule has 0 spiro atoms. The van der Waals surface area contributed by atoms with Gasteiger partial charge in [-0.05, 0) is 48.9 Å². The molecule has 0 amide bonds. The first-order valence-corrected chi connectivity index (χ1v) is 9.49. The molecule has 0 radical (unpaired) electrons. The summed E-state index contributed by atoms with van der Waals surface area (Å²) in [5.74, 6) is -0.634. The summed E-state index contributed by atoms with van der Waals surface area (Å²) < 4.78 is 0. The van der Waals surface area contributed by atoms with Crippen LogP contribution in [0.25, 0.3) is 0 Å². The van der Waals surface area contributed by atoms with Gasteiger partial charge < -0.3 is 5.11 Å². The Labute approximate surface area is 157 Å². The number of benzene rings is 2. The van der Waals surface area contributed by atoms with Crippen LogP contribution in [0.4, 0.5) is 0 Å². The van der Waals surface area contributed by atoms with Crippen LogP contribution in [0.3, 0.4) is 0 Å². The van der Waals surface area contributed by atoms with Crippen LogP contribution in [0.1, 0.15) is 61.5 Å². The van der Waals surface area contributed by atoms with E-state index in [-0.39, 0.29) is 17.3 Å². The highest BCUT2D eigenvalue weighted by Crippen LogP contribution is 2.19. The van der Waals surface area contributed by atoms with Gasteiger partial charge in [0.2, 0.25) is 0 Å². The number of aryl methyl sites for hydroxylation is 1. The highest BCUT2D eigenvalue weighted by molar-refractivity contribution is 5.87. The molecule has 0 saturated carbocycles. The van der Waals surface area contributed by atoms with Gasteiger partial charge in [-0.1, -0.05) is 63.2 Å². The van der Waals surface area contributed by atoms with Gasteiger partial charge in [-0.2, -0.15) is 0 Å². The van der Waals surface area contributed by atoms with Gasteiger partial charge in [0.1, 0.15) is 5.78 Å². The summed E-state index contributed by atoms with van der Waals surface area (Å²) in [6.07, 6.45) is 4.05. The summed E-state index contributed by atoms with van der Waals surface area (Å²) in [6.45, 7) is 5.90. The zero-order chi connectivity index (χ0) is 19.4. The lowest BCUT2D eigenvalue weighted by molar-refractivity contribution is -0.122. The fraction of sp³-hybridized carbons (Fsp3) is 0.391. The van der Waals surface area contributed by atoms with Crippen molar-refractivity contribution in [1.82, 2.24) is 0 Å². The van der Waals surface area contributed by atoms with Crippen molar-refractivity contribution in [3.63, 3.8) is 0 Å². The molecule has 3 nitrogen and oxygen atoms in total. The van der Waals surface area contributed by atoms with Gasteiger partial charge in [-0.25, -0.2) is 4.79 Å². The van der Waals surface area contributed by atoms with Crippen LogP contribution < -0.4 is 0 Å². The molecule has 3 heteroatoms. The zero-order valence-electron chi connectivity index (χ0n) is 16.1. The van der Waals surface area contributed by atoms with Gasteiger partial charge in [0, 0.05) is 12.3 Å². The van der Waals surface area contributed by atoms with Crippen LogP contribution in [-0.2, 0) is 17.6 Å². The second kappa shape index (κ2) is 12.0. The Balaban J connectivity index is 0.00000163. The molecule has 0 aliphatic heterocycles. The predicted molar refractivity (Wildman–Crippen MR) is 107 cm³/mol. The van der Waals surface area contributed by atoms with E-state index in [1.54, 1.807) is 12.1 Å². The average Bonchev–Trinajstić information content (AvgIpc) is 2.69. The van der Waals surface area contributed by atoms with Gasteiger partial charge in [0.15, 0.2) is 0 Å². The number of rotatable bonds is 9. The first kappa shape index (κ1) is 21.6. The summed E-state index contributed by atoms with van der Waals surface area (Å²) in [4.78, 5) is 23.2. The van der Waals surface area contributed by atoms with E-state index in [0.717, 1.165) is 24.8 Å². The molecule has 0 bridgehead atoms. The molecule has 2 aromatic rings. The monoisotopic (exact) mass is 354 g/mol. The lowest BCUT2D eigenvalue weighted by Crippen LogP contribution is -2.17. The smallest absolute Gasteiger partial charge is 0.335 e. The van der Waals surface area contributed by atoms with Crippen LogP contribution in [-0.4, -0.2) is 16.9 Å². The highest BCUT2D eigenvalue weighted by Gasteiger charge is 2.17. The minimum Gasteiger partial charge on any atom is -0.478 e. The van der Waals surface area contributed by atoms with Gasteiger partial charge in [-0.3, -0.25) is 4.79 Å². The number of carboxylic acid groups (broad SMARTS) is 1. The van der Waals surface area contributed by atoms with Crippen molar-refractivity contribution in [2.24, 2.45) is 5.92 Å². The molecule has 0 heterocycles. The largest absolute Gasteiger partial charge is 0.478 e. The number of carbonyl (C=O) groups is 2. The van der Waals surface area contributed by atoms with Gasteiger partial charge in [-0.15, -0.1) is 0 Å². The Bertz CT molecular complexity index is 660. The molecule has 26 heavy (non-hydrogen) atoms. The third-order valence-corrected chi connectivity index (χ3v) is 4.35. The number of ketones is 1. The van der Waals surface area contributed by atoms with Crippen molar-refractivity contribution in [3.05, 3.63) is 71.3 Å². The molecule has 0 aliphatic carbocycles. The van der Waals surface area contributed by atoms with Crippen molar-refractivity contribution < 1.29 is 14.7 Å². The van der Waals surface area contributed by atoms with E-state index in [2.05, 4.69) is 12.1 Å². The normalized spacial score (nSPS) is 11.2. The Morgan fingerprint density at radius 2 is 1.54 bits per heavy atom. The maximum Gasteiger partial charge on any atom is 0.335 e. The molecular weight excluding hydrogens is 324 g/mol. The molecule has 0 aromatic heterocycles. The molecule has 0 saturated heterocycles. The van der Waals surface area contributed by atoms with E-state index in [1.807, 2.05) is 51.1 Å². The van der Waals surface area contributed by atoms with E-state index >= 15 is 0 Å². The molecule has 0 fully saturated rings. The van der Waals surface area contributed by atoms with E-state index in [1.165, 1.54) is 5.56 Å². The first-order valence-electron chi connectivity index (χ1n) is 9.49. The molecule has 2 aromatic carbocycles. The molecule has 140 valence electrons. The summed E-state index contributed by atoms with van der Waals surface area (Å²) in [6, 6.07) is 17.1. The third kappa shape index (κ3) is 7.22. The predicted octanol–water partition coefficient (Wildman–Crippen LogP) is 5.57. The van der Waals surface area contributed by atoms with Crippen molar-refractivity contribution >= 4 is 11.8 Å². The third-order valence-electron chi connectivity index (χ3n) is 4.35. The van der Waals surface area contributed by atoms with Crippen LogP contribution in [0.15, 0.2) is 54.6 Å². The Morgan fingerprint density at radius 3 is 2.08 bits per heavy atom. The van der Waals surface area contributed by atoms with Crippen molar-refractivity contribution in [2.75, 3.05) is 0 Å². The number of hydrogen-bond acceptors (Lipinski definition) is 2. The SMILES string of the molecule is CC.CCC(=O)C(CCCc1ccccc1)Cc1ccc(C(=O)O)cc1. The van der Waals surface area contributed by atoms with Crippen LogP contribution in [0.2, 0.25) is 0 Å². The summed E-state index contributed by atoms with van der Waals surface area (Å²) >= 11 is 0. The van der Waals surface area contributed by atoms with Crippen LogP contribution in [0.5, 0.6) is 0 Å². The fourth-order valence-corrected chi connectivity index (χ4v) is 2.93. The number of carbonyl (C=O) groups excluding carboxylic acids is 1.